The minimum atomic E-state index is -1.43. The molecule has 2 heteroatoms. The molecule has 1 unspecified atom stereocenters. The normalized spacial score (nSPS) is 12.8. The van der Waals surface area contributed by atoms with Crippen molar-refractivity contribution in [3.63, 3.8) is 0 Å². The molecular formula is C10H16OSi. The van der Waals surface area contributed by atoms with E-state index in [0.29, 0.717) is 0 Å². The van der Waals surface area contributed by atoms with Gasteiger partial charge >= 0.3 is 0 Å². The first-order chi connectivity index (χ1) is 5.83. The maximum absolute atomic E-state index is 9.64. The lowest BCUT2D eigenvalue weighted by Crippen LogP contribution is -2.15. The Labute approximate surface area is 75.8 Å². The number of hydrogen-bond acceptors (Lipinski definition) is 1. The third kappa shape index (κ3) is 3.20. The molecular weight excluding hydrogens is 164 g/mol. The molecule has 1 aromatic carbocycles. The van der Waals surface area contributed by atoms with Crippen LogP contribution in [-0.2, 0) is 6.04 Å². The fraction of sp³-hybridized carbons (Fsp3) is 0.400. The summed E-state index contributed by atoms with van der Waals surface area (Å²) in [6, 6.07) is 12.2. The Kier molecular flexibility index (Phi) is 4.04. The molecule has 1 rings (SSSR count). The summed E-state index contributed by atoms with van der Waals surface area (Å²) < 4.78 is 0. The molecule has 0 bridgehead atoms. The van der Waals surface area contributed by atoms with Crippen molar-refractivity contribution in [1.29, 1.82) is 0 Å². The van der Waals surface area contributed by atoms with Crippen molar-refractivity contribution >= 4 is 9.04 Å². The number of rotatable bonds is 4. The summed E-state index contributed by atoms with van der Waals surface area (Å²) in [6.45, 7) is 2.13. The quantitative estimate of drug-likeness (QED) is 0.702. The van der Waals surface area contributed by atoms with Gasteiger partial charge in [0.2, 0.25) is 0 Å². The molecule has 0 spiro atoms. The fourth-order valence-corrected chi connectivity index (χ4v) is 3.01. The highest BCUT2D eigenvalue weighted by atomic mass is 28.3. The molecule has 1 nitrogen and oxygen atoms in total. The first kappa shape index (κ1) is 9.48. The Hall–Kier alpha value is -0.603. The molecule has 0 amide bonds. The lowest BCUT2D eigenvalue weighted by atomic mass is 10.2. The van der Waals surface area contributed by atoms with Gasteiger partial charge in [-0.15, -0.1) is 0 Å². The third-order valence-electron chi connectivity index (χ3n) is 1.94. The number of hydrogen-bond donors (Lipinski definition) is 1. The minimum absolute atomic E-state index is 0.925. The SMILES string of the molecule is CCC[SiH](O)Cc1ccccc1. The van der Waals surface area contributed by atoms with Gasteiger partial charge < -0.3 is 4.80 Å². The van der Waals surface area contributed by atoms with E-state index in [1.807, 2.05) is 18.2 Å². The third-order valence-corrected chi connectivity index (χ3v) is 4.12. The molecule has 0 aliphatic carbocycles. The molecule has 1 atom stereocenters. The van der Waals surface area contributed by atoms with Crippen molar-refractivity contribution in [2.45, 2.75) is 25.4 Å². The fourth-order valence-electron chi connectivity index (χ4n) is 1.32. The Morgan fingerprint density at radius 3 is 2.50 bits per heavy atom. The van der Waals surface area contributed by atoms with Crippen molar-refractivity contribution in [2.75, 3.05) is 0 Å². The van der Waals surface area contributed by atoms with Gasteiger partial charge in [-0.2, -0.15) is 0 Å². The van der Waals surface area contributed by atoms with Crippen LogP contribution in [0.4, 0.5) is 0 Å². The summed E-state index contributed by atoms with van der Waals surface area (Å²) in [6.07, 6.45) is 1.11. The van der Waals surface area contributed by atoms with E-state index in [1.165, 1.54) is 5.56 Å². The second-order valence-corrected chi connectivity index (χ2v) is 5.43. The van der Waals surface area contributed by atoms with E-state index in [-0.39, 0.29) is 0 Å². The first-order valence-electron chi connectivity index (χ1n) is 4.55. The van der Waals surface area contributed by atoms with Crippen molar-refractivity contribution < 1.29 is 4.80 Å². The molecule has 0 saturated carbocycles. The zero-order valence-corrected chi connectivity index (χ0v) is 8.69. The molecule has 0 radical (unpaired) electrons. The van der Waals surface area contributed by atoms with Crippen LogP contribution in [0.3, 0.4) is 0 Å². The molecule has 1 N–H and O–H groups in total. The highest BCUT2D eigenvalue weighted by Crippen LogP contribution is 2.04. The minimum Gasteiger partial charge on any atom is -0.434 e. The Bertz CT molecular complexity index is 210. The number of benzene rings is 1. The van der Waals surface area contributed by atoms with Gasteiger partial charge in [-0.05, 0) is 17.7 Å². The zero-order valence-electron chi connectivity index (χ0n) is 7.53. The van der Waals surface area contributed by atoms with Crippen LogP contribution in [0.1, 0.15) is 18.9 Å². The van der Waals surface area contributed by atoms with Crippen LogP contribution in [0, 0.1) is 0 Å². The molecule has 66 valence electrons. The summed E-state index contributed by atoms with van der Waals surface area (Å²) in [5, 5.41) is 0. The Morgan fingerprint density at radius 2 is 1.92 bits per heavy atom. The van der Waals surface area contributed by atoms with Crippen LogP contribution in [0.2, 0.25) is 6.04 Å². The Morgan fingerprint density at radius 1 is 1.25 bits per heavy atom. The van der Waals surface area contributed by atoms with E-state index >= 15 is 0 Å². The molecule has 0 heterocycles. The molecule has 0 aromatic heterocycles. The lowest BCUT2D eigenvalue weighted by Gasteiger charge is -2.05. The van der Waals surface area contributed by atoms with E-state index in [9.17, 15) is 4.80 Å². The molecule has 0 aliphatic heterocycles. The van der Waals surface area contributed by atoms with Crippen molar-refractivity contribution in [2.24, 2.45) is 0 Å². The standard InChI is InChI=1S/C10H16OSi/c1-2-8-12(11)9-10-6-4-3-5-7-10/h3-7,11-12H,2,8-9H2,1H3. The van der Waals surface area contributed by atoms with Crippen LogP contribution < -0.4 is 0 Å². The van der Waals surface area contributed by atoms with Crippen molar-refractivity contribution in [3.8, 4) is 0 Å². The van der Waals surface area contributed by atoms with Gasteiger partial charge in [0.15, 0.2) is 9.04 Å². The van der Waals surface area contributed by atoms with Gasteiger partial charge in [-0.1, -0.05) is 43.7 Å². The van der Waals surface area contributed by atoms with Gasteiger partial charge in [-0.25, -0.2) is 0 Å². The first-order valence-corrected chi connectivity index (χ1v) is 6.70. The highest BCUT2D eigenvalue weighted by Gasteiger charge is 2.05. The van der Waals surface area contributed by atoms with E-state index in [4.69, 9.17) is 0 Å². The largest absolute Gasteiger partial charge is 0.434 e. The monoisotopic (exact) mass is 180 g/mol. The average molecular weight is 180 g/mol. The summed E-state index contributed by atoms with van der Waals surface area (Å²) in [7, 11) is -1.43. The Balaban J connectivity index is 2.41. The van der Waals surface area contributed by atoms with Gasteiger partial charge in [0.25, 0.3) is 0 Å². The van der Waals surface area contributed by atoms with Crippen LogP contribution >= 0.6 is 0 Å². The summed E-state index contributed by atoms with van der Waals surface area (Å²) in [5.74, 6) is 0. The molecule has 0 aliphatic rings. The van der Waals surface area contributed by atoms with Crippen molar-refractivity contribution in [3.05, 3.63) is 35.9 Å². The molecule has 1 aromatic rings. The summed E-state index contributed by atoms with van der Waals surface area (Å²) >= 11 is 0. The second kappa shape index (κ2) is 5.12. The smallest absolute Gasteiger partial charge is 0.176 e. The predicted molar refractivity (Wildman–Crippen MR) is 54.6 cm³/mol. The zero-order chi connectivity index (χ0) is 8.81. The molecule has 0 saturated heterocycles. The summed E-state index contributed by atoms with van der Waals surface area (Å²) in [4.78, 5) is 9.64. The van der Waals surface area contributed by atoms with Crippen LogP contribution in [-0.4, -0.2) is 13.8 Å². The molecule has 0 fully saturated rings. The predicted octanol–water partition coefficient (Wildman–Crippen LogP) is 1.89. The average Bonchev–Trinajstić information content (AvgIpc) is 2.06. The van der Waals surface area contributed by atoms with E-state index < -0.39 is 9.04 Å². The molecule has 12 heavy (non-hydrogen) atoms. The lowest BCUT2D eigenvalue weighted by molar-refractivity contribution is 0.563. The maximum Gasteiger partial charge on any atom is 0.176 e. The topological polar surface area (TPSA) is 20.2 Å². The summed E-state index contributed by atoms with van der Waals surface area (Å²) in [5.41, 5.74) is 1.28. The van der Waals surface area contributed by atoms with Crippen LogP contribution in [0.5, 0.6) is 0 Å². The van der Waals surface area contributed by atoms with Gasteiger partial charge in [-0.3, -0.25) is 0 Å². The van der Waals surface area contributed by atoms with Crippen molar-refractivity contribution in [1.82, 2.24) is 0 Å². The van der Waals surface area contributed by atoms with E-state index in [0.717, 1.165) is 18.5 Å². The van der Waals surface area contributed by atoms with Gasteiger partial charge in [0.1, 0.15) is 0 Å². The van der Waals surface area contributed by atoms with E-state index in [2.05, 4.69) is 19.1 Å². The highest BCUT2D eigenvalue weighted by molar-refractivity contribution is 6.49. The van der Waals surface area contributed by atoms with Gasteiger partial charge in [0, 0.05) is 0 Å². The maximum atomic E-state index is 9.64. The van der Waals surface area contributed by atoms with Crippen LogP contribution in [0.15, 0.2) is 30.3 Å². The van der Waals surface area contributed by atoms with E-state index in [1.54, 1.807) is 0 Å². The van der Waals surface area contributed by atoms with Gasteiger partial charge in [0.05, 0.1) is 0 Å². The van der Waals surface area contributed by atoms with Crippen LogP contribution in [0.25, 0.3) is 0 Å². The second-order valence-electron chi connectivity index (χ2n) is 3.13.